The van der Waals surface area contributed by atoms with Gasteiger partial charge in [-0.15, -0.1) is 11.3 Å². The van der Waals surface area contributed by atoms with E-state index in [2.05, 4.69) is 15.0 Å². The Labute approximate surface area is 157 Å². The number of carbonyl (C=O) groups is 1. The van der Waals surface area contributed by atoms with Crippen molar-refractivity contribution in [1.82, 2.24) is 19.9 Å². The number of hydrogen-bond donors (Lipinski definition) is 1. The van der Waals surface area contributed by atoms with E-state index in [4.69, 9.17) is 4.42 Å². The van der Waals surface area contributed by atoms with Crippen LogP contribution in [0.25, 0.3) is 11.0 Å². The summed E-state index contributed by atoms with van der Waals surface area (Å²) in [6.07, 6.45) is 3.93. The zero-order valence-electron chi connectivity index (χ0n) is 14.4. The van der Waals surface area contributed by atoms with E-state index < -0.39 is 6.04 Å². The van der Waals surface area contributed by atoms with E-state index in [1.54, 1.807) is 28.9 Å². The van der Waals surface area contributed by atoms with Crippen LogP contribution in [0.1, 0.15) is 38.6 Å². The van der Waals surface area contributed by atoms with Gasteiger partial charge in [0.15, 0.2) is 5.01 Å². The number of rotatable bonds is 2. The van der Waals surface area contributed by atoms with Gasteiger partial charge in [-0.05, 0) is 25.1 Å². The van der Waals surface area contributed by atoms with Gasteiger partial charge in [-0.1, -0.05) is 0 Å². The lowest BCUT2D eigenvalue weighted by Gasteiger charge is -2.33. The first-order valence-corrected chi connectivity index (χ1v) is 9.42. The fraction of sp³-hybridized carbons (Fsp3) is 0.211. The van der Waals surface area contributed by atoms with Gasteiger partial charge in [-0.2, -0.15) is 0 Å². The van der Waals surface area contributed by atoms with Gasteiger partial charge in [0.25, 0.3) is 5.91 Å². The number of hydrogen-bond acceptors (Lipinski definition) is 5. The van der Waals surface area contributed by atoms with Crippen LogP contribution < -0.4 is 0 Å². The number of aryl methyl sites for hydroxylation is 1. The Morgan fingerprint density at radius 2 is 2.30 bits per heavy atom. The topological polar surface area (TPSA) is 75.0 Å². The molecule has 1 aliphatic heterocycles. The van der Waals surface area contributed by atoms with Gasteiger partial charge in [0.1, 0.15) is 23.2 Å². The minimum Gasteiger partial charge on any atom is -0.458 e. The van der Waals surface area contributed by atoms with E-state index in [9.17, 15) is 9.18 Å². The lowest BCUT2D eigenvalue weighted by molar-refractivity contribution is 0.0672. The Balaban J connectivity index is 1.69. The molecule has 1 aromatic carbocycles. The first-order chi connectivity index (χ1) is 13.1. The molecule has 4 aromatic rings. The highest BCUT2D eigenvalue weighted by atomic mass is 32.1. The molecule has 1 aliphatic rings. The lowest BCUT2D eigenvalue weighted by atomic mass is 9.97. The molecule has 0 unspecified atom stereocenters. The SMILES string of the molecule is Cc1c([C@H]2c3nc[nH]c3CCN2C(=O)c2nccs2)oc2ccc(F)cc12. The smallest absolute Gasteiger partial charge is 0.283 e. The van der Waals surface area contributed by atoms with Gasteiger partial charge in [-0.3, -0.25) is 4.79 Å². The third-order valence-corrected chi connectivity index (χ3v) is 5.75. The number of carbonyl (C=O) groups excluding carboxylic acids is 1. The Kier molecular flexibility index (Phi) is 3.61. The lowest BCUT2D eigenvalue weighted by Crippen LogP contribution is -2.40. The number of halogens is 1. The minimum absolute atomic E-state index is 0.158. The Bertz CT molecular complexity index is 1150. The summed E-state index contributed by atoms with van der Waals surface area (Å²) < 4.78 is 19.8. The number of benzene rings is 1. The van der Waals surface area contributed by atoms with Crippen LogP contribution in [-0.4, -0.2) is 32.3 Å². The predicted octanol–water partition coefficient (Wildman–Crippen LogP) is 3.85. The molecule has 5 rings (SSSR count). The van der Waals surface area contributed by atoms with Crippen LogP contribution in [0.4, 0.5) is 4.39 Å². The molecule has 0 saturated carbocycles. The number of fused-ring (bicyclic) bond motifs is 2. The van der Waals surface area contributed by atoms with Crippen LogP contribution in [0, 0.1) is 12.7 Å². The maximum absolute atomic E-state index is 13.7. The molecule has 1 N–H and O–H groups in total. The molecule has 0 spiro atoms. The zero-order chi connectivity index (χ0) is 18.5. The van der Waals surface area contributed by atoms with E-state index in [0.717, 1.165) is 17.0 Å². The second kappa shape index (κ2) is 6.02. The van der Waals surface area contributed by atoms with Crippen molar-refractivity contribution in [2.75, 3.05) is 6.54 Å². The molecule has 4 heterocycles. The molecule has 0 saturated heterocycles. The van der Waals surface area contributed by atoms with Crippen LogP contribution in [0.15, 0.2) is 40.5 Å². The van der Waals surface area contributed by atoms with Gasteiger partial charge >= 0.3 is 0 Å². The second-order valence-electron chi connectivity index (χ2n) is 6.49. The molecule has 6 nitrogen and oxygen atoms in total. The minimum atomic E-state index is -0.480. The van der Waals surface area contributed by atoms with Crippen LogP contribution in [0.3, 0.4) is 0 Å². The van der Waals surface area contributed by atoms with Crippen molar-refractivity contribution in [3.8, 4) is 0 Å². The zero-order valence-corrected chi connectivity index (χ0v) is 15.2. The highest BCUT2D eigenvalue weighted by Crippen LogP contribution is 2.39. The van der Waals surface area contributed by atoms with Gasteiger partial charge in [-0.25, -0.2) is 14.4 Å². The molecular formula is C19H15FN4O2S. The molecule has 8 heteroatoms. The molecule has 1 atom stereocenters. The standard InChI is InChI=1S/C19H15FN4O2S/c1-10-12-8-11(20)2-3-14(12)26-17(10)16-15-13(22-9-23-15)4-6-24(16)19(25)18-21-5-7-27-18/h2-3,5,7-9,16H,4,6H2,1H3,(H,22,23)/t16-/m1/s1. The third-order valence-electron chi connectivity index (χ3n) is 4.98. The van der Waals surface area contributed by atoms with Crippen molar-refractivity contribution in [3.63, 3.8) is 0 Å². The molecular weight excluding hydrogens is 367 g/mol. The van der Waals surface area contributed by atoms with Crippen molar-refractivity contribution < 1.29 is 13.6 Å². The maximum atomic E-state index is 13.7. The van der Waals surface area contributed by atoms with Gasteiger partial charge in [0.2, 0.25) is 0 Å². The summed E-state index contributed by atoms with van der Waals surface area (Å²) in [5.74, 6) is 0.126. The summed E-state index contributed by atoms with van der Waals surface area (Å²) in [6, 6.07) is 3.96. The highest BCUT2D eigenvalue weighted by Gasteiger charge is 2.38. The average molecular weight is 382 g/mol. The maximum Gasteiger partial charge on any atom is 0.283 e. The van der Waals surface area contributed by atoms with Crippen LogP contribution in [-0.2, 0) is 6.42 Å². The molecule has 1 amide bonds. The van der Waals surface area contributed by atoms with Crippen molar-refractivity contribution in [2.45, 2.75) is 19.4 Å². The van der Waals surface area contributed by atoms with Gasteiger partial charge < -0.3 is 14.3 Å². The number of H-pyrrole nitrogens is 1. The molecule has 3 aromatic heterocycles. The van der Waals surface area contributed by atoms with E-state index in [1.165, 1.54) is 23.5 Å². The number of imidazole rings is 1. The molecule has 0 radical (unpaired) electrons. The summed E-state index contributed by atoms with van der Waals surface area (Å²) in [5, 5.41) is 2.91. The average Bonchev–Trinajstić information content (AvgIpc) is 3.41. The molecule has 0 aliphatic carbocycles. The van der Waals surface area contributed by atoms with E-state index in [1.807, 2.05) is 6.92 Å². The fourth-order valence-corrected chi connectivity index (χ4v) is 4.28. The van der Waals surface area contributed by atoms with E-state index in [0.29, 0.717) is 34.7 Å². The summed E-state index contributed by atoms with van der Waals surface area (Å²) in [6.45, 7) is 2.40. The number of amides is 1. The monoisotopic (exact) mass is 382 g/mol. The largest absolute Gasteiger partial charge is 0.458 e. The van der Waals surface area contributed by atoms with Crippen LogP contribution >= 0.6 is 11.3 Å². The normalized spacial score (nSPS) is 16.7. The van der Waals surface area contributed by atoms with Crippen LogP contribution in [0.2, 0.25) is 0 Å². The summed E-state index contributed by atoms with van der Waals surface area (Å²) in [5.41, 5.74) is 3.14. The van der Waals surface area contributed by atoms with Gasteiger partial charge in [0, 0.05) is 41.2 Å². The van der Waals surface area contributed by atoms with Crippen molar-refractivity contribution in [3.05, 3.63) is 69.6 Å². The summed E-state index contributed by atoms with van der Waals surface area (Å²) in [4.78, 5) is 26.6. The molecule has 136 valence electrons. The van der Waals surface area contributed by atoms with Crippen molar-refractivity contribution in [2.24, 2.45) is 0 Å². The van der Waals surface area contributed by atoms with Gasteiger partial charge in [0.05, 0.1) is 12.0 Å². The number of nitrogens with zero attached hydrogens (tertiary/aromatic N) is 3. The number of thiazole rings is 1. The molecule has 0 bridgehead atoms. The van der Waals surface area contributed by atoms with Crippen molar-refractivity contribution >= 4 is 28.2 Å². The summed E-state index contributed by atoms with van der Waals surface area (Å²) >= 11 is 1.31. The Morgan fingerprint density at radius 3 is 3.11 bits per heavy atom. The molecule has 27 heavy (non-hydrogen) atoms. The summed E-state index contributed by atoms with van der Waals surface area (Å²) in [7, 11) is 0. The number of aromatic amines is 1. The first kappa shape index (κ1) is 16.2. The fourth-order valence-electron chi connectivity index (χ4n) is 3.69. The van der Waals surface area contributed by atoms with E-state index in [-0.39, 0.29) is 11.7 Å². The third kappa shape index (κ3) is 2.48. The number of aromatic nitrogens is 3. The Morgan fingerprint density at radius 1 is 1.41 bits per heavy atom. The number of furan rings is 1. The van der Waals surface area contributed by atoms with Crippen molar-refractivity contribution in [1.29, 1.82) is 0 Å². The quantitative estimate of drug-likeness (QED) is 0.571. The highest BCUT2D eigenvalue weighted by molar-refractivity contribution is 7.11. The van der Waals surface area contributed by atoms with Crippen LogP contribution in [0.5, 0.6) is 0 Å². The molecule has 0 fully saturated rings. The first-order valence-electron chi connectivity index (χ1n) is 8.54. The predicted molar refractivity (Wildman–Crippen MR) is 98.2 cm³/mol. The Hall–Kier alpha value is -3.00. The van der Waals surface area contributed by atoms with E-state index >= 15 is 0 Å². The number of nitrogens with one attached hydrogen (secondary N) is 1. The second-order valence-corrected chi connectivity index (χ2v) is 7.38.